The van der Waals surface area contributed by atoms with Crippen LogP contribution < -0.4 is 5.73 Å². The van der Waals surface area contributed by atoms with Gasteiger partial charge in [0.25, 0.3) is 0 Å². The Balaban J connectivity index is 1.76. The first-order valence-electron chi connectivity index (χ1n) is 6.95. The Kier molecular flexibility index (Phi) is 3.45. The molecule has 0 amide bonds. The van der Waals surface area contributed by atoms with E-state index in [1.807, 2.05) is 29.0 Å². The molecular weight excluding hydrogens is 254 g/mol. The second-order valence-corrected chi connectivity index (χ2v) is 5.23. The number of aromatic nitrogens is 3. The van der Waals surface area contributed by atoms with Crippen molar-refractivity contribution < 1.29 is 5.21 Å². The third-order valence-electron chi connectivity index (χ3n) is 3.89. The molecule has 0 aromatic carbocycles. The van der Waals surface area contributed by atoms with Crippen molar-refractivity contribution in [1.29, 1.82) is 0 Å². The number of hydrogen-bond acceptors (Lipinski definition) is 3. The largest absolute Gasteiger partial charge is 0.409 e. The van der Waals surface area contributed by atoms with Crippen LogP contribution in [0, 0.1) is 0 Å². The summed E-state index contributed by atoms with van der Waals surface area (Å²) in [5.74, 6) is 0.116. The highest BCUT2D eigenvalue weighted by atomic mass is 16.4. The second-order valence-electron chi connectivity index (χ2n) is 5.23. The predicted octanol–water partition coefficient (Wildman–Crippen LogP) is 1.94. The lowest BCUT2D eigenvalue weighted by Gasteiger charge is -2.09. The van der Waals surface area contributed by atoms with Gasteiger partial charge in [-0.2, -0.15) is 5.10 Å². The molecule has 1 aliphatic carbocycles. The van der Waals surface area contributed by atoms with Crippen LogP contribution in [0.2, 0.25) is 0 Å². The summed E-state index contributed by atoms with van der Waals surface area (Å²) in [6.07, 6.45) is 9.00. The molecule has 6 heteroatoms. The monoisotopic (exact) mass is 273 g/mol. The van der Waals surface area contributed by atoms with Crippen LogP contribution in [-0.2, 0) is 6.54 Å². The van der Waals surface area contributed by atoms with Crippen molar-refractivity contribution in [3.05, 3.63) is 42.0 Å². The molecular formula is C14H19N5O. The molecule has 0 atom stereocenters. The maximum atomic E-state index is 8.77. The highest BCUT2D eigenvalue weighted by Gasteiger charge is 2.17. The molecule has 1 aliphatic rings. The number of nitrogens with zero attached hydrogens (tertiary/aromatic N) is 4. The van der Waals surface area contributed by atoms with Crippen molar-refractivity contribution in [2.45, 2.75) is 38.3 Å². The zero-order valence-electron chi connectivity index (χ0n) is 11.3. The summed E-state index contributed by atoms with van der Waals surface area (Å²) in [6, 6.07) is 6.29. The smallest absolute Gasteiger partial charge is 0.186 e. The van der Waals surface area contributed by atoms with Gasteiger partial charge in [-0.15, -0.1) is 0 Å². The number of amidine groups is 1. The normalized spacial score (nSPS) is 16.9. The van der Waals surface area contributed by atoms with Crippen molar-refractivity contribution in [2.24, 2.45) is 10.9 Å². The zero-order chi connectivity index (χ0) is 13.9. The second kappa shape index (κ2) is 5.40. The molecule has 1 fully saturated rings. The molecule has 2 aromatic rings. The molecule has 3 N–H and O–H groups in total. The van der Waals surface area contributed by atoms with E-state index >= 15 is 0 Å². The lowest BCUT2D eigenvalue weighted by Crippen LogP contribution is -2.18. The van der Waals surface area contributed by atoms with E-state index < -0.39 is 0 Å². The van der Waals surface area contributed by atoms with Crippen LogP contribution in [0.15, 0.2) is 35.7 Å². The molecule has 0 unspecified atom stereocenters. The van der Waals surface area contributed by atoms with E-state index in [1.165, 1.54) is 25.7 Å². The van der Waals surface area contributed by atoms with Crippen LogP contribution in [0.25, 0.3) is 0 Å². The first-order chi connectivity index (χ1) is 9.78. The Morgan fingerprint density at radius 1 is 1.35 bits per heavy atom. The van der Waals surface area contributed by atoms with E-state index in [9.17, 15) is 0 Å². The van der Waals surface area contributed by atoms with Gasteiger partial charge in [-0.1, -0.05) is 18.0 Å². The number of nitrogens with two attached hydrogens (primary N) is 1. The van der Waals surface area contributed by atoms with Crippen molar-refractivity contribution in [2.75, 3.05) is 0 Å². The van der Waals surface area contributed by atoms with Crippen LogP contribution in [0.4, 0.5) is 0 Å². The SMILES string of the molecule is N/C(=N/O)c1cccn1Cc1ccn(C2CCCC2)n1. The molecule has 0 saturated heterocycles. The fraction of sp³-hybridized carbons (Fsp3) is 0.429. The highest BCUT2D eigenvalue weighted by Crippen LogP contribution is 2.28. The maximum absolute atomic E-state index is 8.77. The summed E-state index contributed by atoms with van der Waals surface area (Å²) in [5, 5.41) is 16.5. The van der Waals surface area contributed by atoms with Crippen LogP contribution in [-0.4, -0.2) is 25.4 Å². The molecule has 2 heterocycles. The van der Waals surface area contributed by atoms with E-state index in [0.717, 1.165) is 5.69 Å². The molecule has 2 aromatic heterocycles. The molecule has 0 radical (unpaired) electrons. The van der Waals surface area contributed by atoms with Crippen molar-refractivity contribution in [3.63, 3.8) is 0 Å². The van der Waals surface area contributed by atoms with Crippen LogP contribution >= 0.6 is 0 Å². The average Bonchev–Trinajstić information content (AvgIpc) is 3.19. The lowest BCUT2D eigenvalue weighted by atomic mass is 10.3. The Morgan fingerprint density at radius 2 is 2.15 bits per heavy atom. The third-order valence-corrected chi connectivity index (χ3v) is 3.89. The molecule has 0 bridgehead atoms. The van der Waals surface area contributed by atoms with E-state index in [1.54, 1.807) is 0 Å². The molecule has 106 valence electrons. The molecule has 1 saturated carbocycles. The van der Waals surface area contributed by atoms with Gasteiger partial charge < -0.3 is 15.5 Å². The van der Waals surface area contributed by atoms with E-state index in [0.29, 0.717) is 18.3 Å². The molecule has 3 rings (SSSR count). The number of oxime groups is 1. The maximum Gasteiger partial charge on any atom is 0.186 e. The van der Waals surface area contributed by atoms with Crippen LogP contribution in [0.1, 0.15) is 43.1 Å². The predicted molar refractivity (Wildman–Crippen MR) is 75.8 cm³/mol. The Morgan fingerprint density at radius 3 is 2.90 bits per heavy atom. The minimum Gasteiger partial charge on any atom is -0.409 e. The number of rotatable bonds is 4. The van der Waals surface area contributed by atoms with Crippen LogP contribution in [0.3, 0.4) is 0 Å². The summed E-state index contributed by atoms with van der Waals surface area (Å²) >= 11 is 0. The Labute approximate surface area is 117 Å². The van der Waals surface area contributed by atoms with E-state index in [4.69, 9.17) is 10.9 Å². The zero-order valence-corrected chi connectivity index (χ0v) is 11.3. The van der Waals surface area contributed by atoms with Gasteiger partial charge in [-0.05, 0) is 31.0 Å². The van der Waals surface area contributed by atoms with Gasteiger partial charge in [0.15, 0.2) is 5.84 Å². The highest BCUT2D eigenvalue weighted by molar-refractivity contribution is 5.95. The summed E-state index contributed by atoms with van der Waals surface area (Å²) in [5.41, 5.74) is 7.33. The van der Waals surface area contributed by atoms with Crippen molar-refractivity contribution in [3.8, 4) is 0 Å². The fourth-order valence-corrected chi connectivity index (χ4v) is 2.84. The fourth-order valence-electron chi connectivity index (χ4n) is 2.84. The Hall–Kier alpha value is -2.24. The van der Waals surface area contributed by atoms with Gasteiger partial charge in [0.2, 0.25) is 0 Å². The van der Waals surface area contributed by atoms with Gasteiger partial charge in [-0.25, -0.2) is 0 Å². The molecule has 0 spiro atoms. The van der Waals surface area contributed by atoms with Gasteiger partial charge in [0.1, 0.15) is 0 Å². The van der Waals surface area contributed by atoms with E-state index in [-0.39, 0.29) is 5.84 Å². The van der Waals surface area contributed by atoms with Gasteiger partial charge >= 0.3 is 0 Å². The van der Waals surface area contributed by atoms with Crippen molar-refractivity contribution in [1.82, 2.24) is 14.3 Å². The molecule has 0 aliphatic heterocycles. The van der Waals surface area contributed by atoms with E-state index in [2.05, 4.69) is 21.1 Å². The van der Waals surface area contributed by atoms with Crippen LogP contribution in [0.5, 0.6) is 0 Å². The first kappa shape index (κ1) is 12.8. The first-order valence-corrected chi connectivity index (χ1v) is 6.95. The summed E-state index contributed by atoms with van der Waals surface area (Å²) in [6.45, 7) is 0.623. The average molecular weight is 273 g/mol. The Bertz CT molecular complexity index is 607. The lowest BCUT2D eigenvalue weighted by molar-refractivity contribution is 0.318. The minimum atomic E-state index is 0.116. The van der Waals surface area contributed by atoms with Crippen molar-refractivity contribution >= 4 is 5.84 Å². The topological polar surface area (TPSA) is 81.4 Å². The summed E-state index contributed by atoms with van der Waals surface area (Å²) in [7, 11) is 0. The third kappa shape index (κ3) is 2.41. The quantitative estimate of drug-likeness (QED) is 0.386. The molecule has 6 nitrogen and oxygen atoms in total. The minimum absolute atomic E-state index is 0.116. The standard InChI is InChI=1S/C14H19N5O/c15-14(17-20)13-6-3-8-18(13)10-11-7-9-19(16-11)12-4-1-2-5-12/h3,6-9,12,20H,1-2,4-5,10H2,(H2,15,17). The van der Waals surface area contributed by atoms with Gasteiger partial charge in [-0.3, -0.25) is 4.68 Å². The van der Waals surface area contributed by atoms with Gasteiger partial charge in [0.05, 0.1) is 24.0 Å². The number of hydrogen-bond donors (Lipinski definition) is 2. The van der Waals surface area contributed by atoms with Gasteiger partial charge in [0, 0.05) is 12.4 Å². The summed E-state index contributed by atoms with van der Waals surface area (Å²) in [4.78, 5) is 0. The molecule has 20 heavy (non-hydrogen) atoms. The summed E-state index contributed by atoms with van der Waals surface area (Å²) < 4.78 is 4.01.